The van der Waals surface area contributed by atoms with E-state index in [1.165, 1.54) is 24.0 Å². The third-order valence-electron chi connectivity index (χ3n) is 4.42. The Kier molecular flexibility index (Phi) is 12.7. The van der Waals surface area contributed by atoms with E-state index >= 15 is 0 Å². The van der Waals surface area contributed by atoms with E-state index in [0.29, 0.717) is 5.92 Å². The van der Waals surface area contributed by atoms with Gasteiger partial charge in [0.25, 0.3) is 0 Å². The summed E-state index contributed by atoms with van der Waals surface area (Å²) in [6.07, 6.45) is 17.5. The highest BCUT2D eigenvalue weighted by Gasteiger charge is 2.00. The SMILES string of the molecule is C/C=C(\C=C/C(C)c1ccccc1)Nc1ccc(C)cc1.C1=CCCC=C1.CC. The van der Waals surface area contributed by atoms with E-state index in [0.717, 1.165) is 11.4 Å². The first-order valence-corrected chi connectivity index (χ1v) is 10.7. The molecule has 0 fully saturated rings. The molecule has 0 heterocycles. The lowest BCUT2D eigenvalue weighted by atomic mass is 10.0. The Morgan fingerprint density at radius 3 is 1.97 bits per heavy atom. The number of rotatable bonds is 5. The molecule has 0 bridgehead atoms. The number of hydrogen-bond acceptors (Lipinski definition) is 1. The molecule has 1 heteroatoms. The Morgan fingerprint density at radius 2 is 1.48 bits per heavy atom. The van der Waals surface area contributed by atoms with Gasteiger partial charge in [-0.3, -0.25) is 0 Å². The number of allylic oxidation sites excluding steroid dienone is 7. The molecular weight excluding hydrogens is 350 g/mol. The van der Waals surface area contributed by atoms with Crippen molar-refractivity contribution in [3.05, 3.63) is 114 Å². The number of aryl methyl sites for hydroxylation is 1. The van der Waals surface area contributed by atoms with E-state index in [2.05, 4.69) is 116 Å². The van der Waals surface area contributed by atoms with Crippen LogP contribution in [0, 0.1) is 6.92 Å². The molecule has 1 N–H and O–H groups in total. The average molecular weight is 388 g/mol. The van der Waals surface area contributed by atoms with Crippen LogP contribution in [-0.2, 0) is 0 Å². The topological polar surface area (TPSA) is 12.0 Å². The van der Waals surface area contributed by atoms with Gasteiger partial charge in [-0.1, -0.05) is 105 Å². The van der Waals surface area contributed by atoms with Gasteiger partial charge in [0.2, 0.25) is 0 Å². The molecule has 0 aromatic heterocycles. The molecule has 1 unspecified atom stereocenters. The van der Waals surface area contributed by atoms with Crippen LogP contribution in [0.2, 0.25) is 0 Å². The summed E-state index contributed by atoms with van der Waals surface area (Å²) in [5.74, 6) is 0.404. The minimum Gasteiger partial charge on any atom is -0.356 e. The van der Waals surface area contributed by atoms with E-state index in [-0.39, 0.29) is 0 Å². The van der Waals surface area contributed by atoms with Gasteiger partial charge in [-0.25, -0.2) is 0 Å². The second-order valence-electron chi connectivity index (χ2n) is 6.73. The van der Waals surface area contributed by atoms with Gasteiger partial charge in [-0.15, -0.1) is 0 Å². The molecule has 0 radical (unpaired) electrons. The quantitative estimate of drug-likeness (QED) is 0.506. The van der Waals surface area contributed by atoms with Crippen LogP contribution < -0.4 is 5.32 Å². The van der Waals surface area contributed by atoms with Crippen molar-refractivity contribution in [2.24, 2.45) is 0 Å². The molecule has 2 aromatic rings. The van der Waals surface area contributed by atoms with Crippen molar-refractivity contribution in [1.82, 2.24) is 0 Å². The summed E-state index contributed by atoms with van der Waals surface area (Å²) < 4.78 is 0. The number of anilines is 1. The van der Waals surface area contributed by atoms with Gasteiger partial charge >= 0.3 is 0 Å². The average Bonchev–Trinajstić information content (AvgIpc) is 2.81. The monoisotopic (exact) mass is 387 g/mol. The maximum atomic E-state index is 3.44. The van der Waals surface area contributed by atoms with Crippen molar-refractivity contribution in [3.8, 4) is 0 Å². The first-order chi connectivity index (χ1) is 14.2. The Bertz CT molecular complexity index is 765. The maximum absolute atomic E-state index is 3.44. The number of hydrogen-bond donors (Lipinski definition) is 1. The molecule has 29 heavy (non-hydrogen) atoms. The molecule has 1 aliphatic carbocycles. The van der Waals surface area contributed by atoms with Crippen LogP contribution in [0.1, 0.15) is 57.6 Å². The van der Waals surface area contributed by atoms with Crippen LogP contribution in [0.4, 0.5) is 5.69 Å². The molecule has 154 valence electrons. The van der Waals surface area contributed by atoms with Crippen LogP contribution in [0.3, 0.4) is 0 Å². The summed E-state index contributed by atoms with van der Waals surface area (Å²) in [6, 6.07) is 19.0. The van der Waals surface area contributed by atoms with Crippen molar-refractivity contribution in [2.45, 2.75) is 53.4 Å². The third-order valence-corrected chi connectivity index (χ3v) is 4.42. The molecule has 0 saturated carbocycles. The Labute approximate surface area is 178 Å². The van der Waals surface area contributed by atoms with Gasteiger partial charge in [0.15, 0.2) is 0 Å². The zero-order valence-electron chi connectivity index (χ0n) is 18.7. The summed E-state index contributed by atoms with van der Waals surface area (Å²) in [4.78, 5) is 0. The molecule has 0 amide bonds. The minimum atomic E-state index is 0.404. The second-order valence-corrected chi connectivity index (χ2v) is 6.73. The van der Waals surface area contributed by atoms with E-state index in [1.54, 1.807) is 0 Å². The largest absolute Gasteiger partial charge is 0.356 e. The Hall–Kier alpha value is -2.80. The fourth-order valence-electron chi connectivity index (χ4n) is 2.67. The van der Waals surface area contributed by atoms with Crippen LogP contribution in [-0.4, -0.2) is 0 Å². The van der Waals surface area contributed by atoms with Crippen LogP contribution in [0.25, 0.3) is 0 Å². The van der Waals surface area contributed by atoms with Crippen molar-refractivity contribution >= 4 is 5.69 Å². The highest BCUT2D eigenvalue weighted by Crippen LogP contribution is 2.18. The molecule has 1 nitrogen and oxygen atoms in total. The molecule has 1 aliphatic rings. The van der Waals surface area contributed by atoms with Gasteiger partial charge in [0, 0.05) is 11.4 Å². The lowest BCUT2D eigenvalue weighted by Gasteiger charge is -2.09. The first-order valence-electron chi connectivity index (χ1n) is 10.7. The Balaban J connectivity index is 0.000000442. The lowest BCUT2D eigenvalue weighted by Crippen LogP contribution is -1.97. The van der Waals surface area contributed by atoms with Gasteiger partial charge in [0.1, 0.15) is 0 Å². The summed E-state index contributed by atoms with van der Waals surface area (Å²) in [5, 5.41) is 3.44. The lowest BCUT2D eigenvalue weighted by molar-refractivity contribution is 0.966. The highest BCUT2D eigenvalue weighted by molar-refractivity contribution is 5.51. The fourth-order valence-corrected chi connectivity index (χ4v) is 2.67. The molecule has 3 rings (SSSR count). The van der Waals surface area contributed by atoms with E-state index in [4.69, 9.17) is 0 Å². The molecular formula is C28H37N. The molecule has 0 saturated heterocycles. The summed E-state index contributed by atoms with van der Waals surface area (Å²) in [6.45, 7) is 10.4. The minimum absolute atomic E-state index is 0.404. The van der Waals surface area contributed by atoms with Gasteiger partial charge in [-0.2, -0.15) is 0 Å². The second kappa shape index (κ2) is 15.2. The predicted octanol–water partition coefficient (Wildman–Crippen LogP) is 8.59. The normalized spacial score (nSPS) is 13.8. The van der Waals surface area contributed by atoms with E-state index in [9.17, 15) is 0 Å². The van der Waals surface area contributed by atoms with Gasteiger partial charge in [0.05, 0.1) is 0 Å². The fraction of sp³-hybridized carbons (Fsp3) is 0.286. The zero-order valence-corrected chi connectivity index (χ0v) is 18.7. The highest BCUT2D eigenvalue weighted by atomic mass is 14.9. The van der Waals surface area contributed by atoms with Crippen molar-refractivity contribution in [1.29, 1.82) is 0 Å². The molecule has 1 atom stereocenters. The van der Waals surface area contributed by atoms with Crippen LogP contribution in [0.5, 0.6) is 0 Å². The smallest absolute Gasteiger partial charge is 0.0384 e. The number of nitrogens with one attached hydrogen (secondary N) is 1. The van der Waals surface area contributed by atoms with E-state index in [1.807, 2.05) is 20.8 Å². The van der Waals surface area contributed by atoms with Gasteiger partial charge in [-0.05, 0) is 56.4 Å². The third kappa shape index (κ3) is 10.4. The first kappa shape index (κ1) is 24.2. The summed E-state index contributed by atoms with van der Waals surface area (Å²) in [7, 11) is 0. The standard InChI is InChI=1S/C20H23N.C6H8.C2H6/c1-4-19(21-20-13-10-16(2)11-14-20)15-12-17(3)18-8-6-5-7-9-18;1-2-4-6-5-3-1;1-2/h4-15,17,21H,1-3H3;1-4H,5-6H2;1-2H3/b15-12-,19-4+;;. The maximum Gasteiger partial charge on any atom is 0.0384 e. The van der Waals surface area contributed by atoms with Gasteiger partial charge < -0.3 is 5.32 Å². The molecule has 0 aliphatic heterocycles. The number of benzene rings is 2. The molecule has 0 spiro atoms. The van der Waals surface area contributed by atoms with Crippen molar-refractivity contribution in [3.63, 3.8) is 0 Å². The van der Waals surface area contributed by atoms with Crippen molar-refractivity contribution < 1.29 is 0 Å². The van der Waals surface area contributed by atoms with Crippen LogP contribution in [0.15, 0.2) is 103 Å². The molecule has 2 aromatic carbocycles. The summed E-state index contributed by atoms with van der Waals surface area (Å²) >= 11 is 0. The predicted molar refractivity (Wildman–Crippen MR) is 131 cm³/mol. The van der Waals surface area contributed by atoms with E-state index < -0.39 is 0 Å². The van der Waals surface area contributed by atoms with Crippen LogP contribution >= 0.6 is 0 Å². The zero-order chi connectivity index (χ0) is 21.3. The Morgan fingerprint density at radius 1 is 0.897 bits per heavy atom. The van der Waals surface area contributed by atoms with Crippen molar-refractivity contribution in [2.75, 3.05) is 5.32 Å². The summed E-state index contributed by atoms with van der Waals surface area (Å²) in [5.41, 5.74) is 4.84.